The minimum Gasteiger partial charge on any atom is -0.486 e. The van der Waals surface area contributed by atoms with E-state index in [1.807, 2.05) is 36.4 Å². The molecule has 4 aromatic rings. The first-order chi connectivity index (χ1) is 15.8. The van der Waals surface area contributed by atoms with Gasteiger partial charge in [0.2, 0.25) is 5.16 Å². The topological polar surface area (TPSA) is 100.0 Å². The molecule has 32 heavy (non-hydrogen) atoms. The summed E-state index contributed by atoms with van der Waals surface area (Å²) < 4.78 is 11.1. The maximum atomic E-state index is 12.7. The molecule has 1 aromatic carbocycles. The van der Waals surface area contributed by atoms with Gasteiger partial charge in [-0.2, -0.15) is 0 Å². The Morgan fingerprint density at radius 2 is 1.56 bits per heavy atom. The van der Waals surface area contributed by atoms with Crippen LogP contribution >= 0.6 is 11.8 Å². The molecule has 158 valence electrons. The molecule has 0 atom stereocenters. The fraction of sp³-hybridized carbons (Fsp3) is 0.130. The number of fused-ring (bicyclic) bond motifs is 1. The Morgan fingerprint density at radius 3 is 2.28 bits per heavy atom. The molecule has 0 amide bonds. The van der Waals surface area contributed by atoms with Crippen LogP contribution in [0.3, 0.4) is 0 Å². The highest BCUT2D eigenvalue weighted by Gasteiger charge is 2.18. The largest absolute Gasteiger partial charge is 0.486 e. The summed E-state index contributed by atoms with van der Waals surface area (Å²) in [5.41, 5.74) is 2.95. The summed E-state index contributed by atoms with van der Waals surface area (Å²) in [6.07, 6.45) is 3.38. The Labute approximate surface area is 188 Å². The number of Topliss-reactive ketones (excluding diaryl/α,β-unsaturated/α-hetero) is 1. The quantitative estimate of drug-likeness (QED) is 0.326. The van der Waals surface area contributed by atoms with E-state index in [2.05, 4.69) is 25.1 Å². The van der Waals surface area contributed by atoms with E-state index >= 15 is 0 Å². The van der Waals surface area contributed by atoms with E-state index in [9.17, 15) is 4.79 Å². The number of hydrogen-bond donors (Lipinski definition) is 0. The SMILES string of the molecule is O=C(CSc1nnc(-c2ccccn2)c(-c2ccccn2)n1)c1ccc2c(c1)OCCO2. The van der Waals surface area contributed by atoms with Crippen molar-refractivity contribution in [2.75, 3.05) is 19.0 Å². The van der Waals surface area contributed by atoms with E-state index in [1.54, 1.807) is 30.6 Å². The molecule has 9 heteroatoms. The summed E-state index contributed by atoms with van der Waals surface area (Å²) in [4.78, 5) is 26.1. The Balaban J connectivity index is 1.39. The third kappa shape index (κ3) is 4.28. The molecule has 8 nitrogen and oxygen atoms in total. The van der Waals surface area contributed by atoms with Crippen LogP contribution in [0.25, 0.3) is 22.8 Å². The first kappa shape index (κ1) is 20.1. The molecule has 0 aliphatic carbocycles. The van der Waals surface area contributed by atoms with Crippen LogP contribution in [0.15, 0.2) is 72.1 Å². The van der Waals surface area contributed by atoms with Gasteiger partial charge in [-0.25, -0.2) is 4.98 Å². The Kier molecular flexibility index (Phi) is 5.71. The lowest BCUT2D eigenvalue weighted by molar-refractivity contribution is 0.102. The zero-order chi connectivity index (χ0) is 21.8. The van der Waals surface area contributed by atoms with Gasteiger partial charge in [-0.3, -0.25) is 14.8 Å². The van der Waals surface area contributed by atoms with Crippen molar-refractivity contribution in [2.24, 2.45) is 0 Å². The molecule has 0 spiro atoms. The van der Waals surface area contributed by atoms with Gasteiger partial charge in [-0.1, -0.05) is 23.9 Å². The van der Waals surface area contributed by atoms with Crippen LogP contribution in [0.1, 0.15) is 10.4 Å². The average molecular weight is 443 g/mol. The van der Waals surface area contributed by atoms with Crippen molar-refractivity contribution in [1.29, 1.82) is 0 Å². The number of carbonyl (C=O) groups excluding carboxylic acids is 1. The first-order valence-corrected chi connectivity index (χ1v) is 10.9. The predicted molar refractivity (Wildman–Crippen MR) is 119 cm³/mol. The summed E-state index contributed by atoms with van der Waals surface area (Å²) in [7, 11) is 0. The maximum Gasteiger partial charge on any atom is 0.210 e. The van der Waals surface area contributed by atoms with E-state index in [-0.39, 0.29) is 11.5 Å². The van der Waals surface area contributed by atoms with Gasteiger partial charge in [0.15, 0.2) is 17.3 Å². The van der Waals surface area contributed by atoms with Gasteiger partial charge in [0.05, 0.1) is 17.1 Å². The molecule has 1 aliphatic rings. The second kappa shape index (κ2) is 9.11. The number of ketones is 1. The van der Waals surface area contributed by atoms with Gasteiger partial charge in [0, 0.05) is 18.0 Å². The Hall–Kier alpha value is -3.85. The number of aromatic nitrogens is 5. The van der Waals surface area contributed by atoms with E-state index in [0.29, 0.717) is 58.2 Å². The first-order valence-electron chi connectivity index (χ1n) is 9.91. The average Bonchev–Trinajstić information content (AvgIpc) is 2.88. The van der Waals surface area contributed by atoms with Crippen LogP contribution in [0.5, 0.6) is 11.5 Å². The number of pyridine rings is 2. The minimum atomic E-state index is -0.0660. The molecular weight excluding hydrogens is 426 g/mol. The number of ether oxygens (including phenoxy) is 2. The van der Waals surface area contributed by atoms with Gasteiger partial charge in [-0.15, -0.1) is 10.2 Å². The van der Waals surface area contributed by atoms with Crippen molar-refractivity contribution in [3.63, 3.8) is 0 Å². The van der Waals surface area contributed by atoms with Crippen LogP contribution in [0.4, 0.5) is 0 Å². The lowest BCUT2D eigenvalue weighted by atomic mass is 10.1. The van der Waals surface area contributed by atoms with Gasteiger partial charge >= 0.3 is 0 Å². The number of nitrogens with zero attached hydrogens (tertiary/aromatic N) is 5. The van der Waals surface area contributed by atoms with E-state index in [0.717, 1.165) is 0 Å². The summed E-state index contributed by atoms with van der Waals surface area (Å²) >= 11 is 1.22. The minimum absolute atomic E-state index is 0.0660. The van der Waals surface area contributed by atoms with Crippen molar-refractivity contribution in [1.82, 2.24) is 25.1 Å². The Bertz CT molecular complexity index is 1260. The molecule has 1 aliphatic heterocycles. The van der Waals surface area contributed by atoms with Crippen LogP contribution in [0.2, 0.25) is 0 Å². The fourth-order valence-electron chi connectivity index (χ4n) is 3.16. The maximum absolute atomic E-state index is 12.7. The molecular formula is C23H17N5O3S. The summed E-state index contributed by atoms with van der Waals surface area (Å²) in [5, 5.41) is 8.95. The van der Waals surface area contributed by atoms with E-state index < -0.39 is 0 Å². The van der Waals surface area contributed by atoms with Gasteiger partial charge in [0.25, 0.3) is 0 Å². The van der Waals surface area contributed by atoms with Crippen LogP contribution < -0.4 is 9.47 Å². The van der Waals surface area contributed by atoms with Crippen LogP contribution in [-0.4, -0.2) is 49.9 Å². The lowest BCUT2D eigenvalue weighted by Crippen LogP contribution is -2.16. The van der Waals surface area contributed by atoms with Gasteiger partial charge in [-0.05, 0) is 42.5 Å². The summed E-state index contributed by atoms with van der Waals surface area (Å²) in [5.74, 6) is 1.33. The predicted octanol–water partition coefficient (Wildman–Crippen LogP) is 3.74. The molecule has 5 rings (SSSR count). The number of carbonyl (C=O) groups is 1. The third-order valence-electron chi connectivity index (χ3n) is 4.68. The van der Waals surface area contributed by atoms with Crippen LogP contribution in [-0.2, 0) is 0 Å². The normalized spacial score (nSPS) is 12.4. The zero-order valence-electron chi connectivity index (χ0n) is 16.8. The molecule has 0 saturated carbocycles. The van der Waals surface area contributed by atoms with E-state index in [4.69, 9.17) is 9.47 Å². The van der Waals surface area contributed by atoms with E-state index in [1.165, 1.54) is 11.8 Å². The second-order valence-corrected chi connectivity index (χ2v) is 7.73. The Morgan fingerprint density at radius 1 is 0.844 bits per heavy atom. The molecule has 4 heterocycles. The summed E-state index contributed by atoms with van der Waals surface area (Å²) in [6.45, 7) is 0.978. The van der Waals surface area contributed by atoms with Crippen molar-refractivity contribution < 1.29 is 14.3 Å². The standard InChI is InChI=1S/C23H17N5O3S/c29-18(15-7-8-19-20(13-15)31-12-11-30-19)14-32-23-26-21(16-5-1-3-9-24-16)22(27-28-23)17-6-2-4-10-25-17/h1-10,13H,11-12,14H2. The zero-order valence-corrected chi connectivity index (χ0v) is 17.7. The highest BCUT2D eigenvalue weighted by molar-refractivity contribution is 7.99. The summed E-state index contributed by atoms with van der Waals surface area (Å²) in [6, 6.07) is 16.3. The van der Waals surface area contributed by atoms with Gasteiger partial charge in [0.1, 0.15) is 24.6 Å². The molecule has 0 radical (unpaired) electrons. The molecule has 3 aromatic heterocycles. The highest BCUT2D eigenvalue weighted by atomic mass is 32.2. The number of benzene rings is 1. The van der Waals surface area contributed by atoms with Crippen LogP contribution in [0, 0.1) is 0 Å². The smallest absolute Gasteiger partial charge is 0.210 e. The van der Waals surface area contributed by atoms with Crippen molar-refractivity contribution in [3.05, 3.63) is 72.6 Å². The lowest BCUT2D eigenvalue weighted by Gasteiger charge is -2.18. The van der Waals surface area contributed by atoms with Crippen molar-refractivity contribution in [2.45, 2.75) is 5.16 Å². The highest BCUT2D eigenvalue weighted by Crippen LogP contribution is 2.32. The fourth-order valence-corrected chi connectivity index (χ4v) is 3.84. The molecule has 0 unspecified atom stereocenters. The van der Waals surface area contributed by atoms with Crippen molar-refractivity contribution >= 4 is 17.5 Å². The number of rotatable bonds is 6. The monoisotopic (exact) mass is 443 g/mol. The molecule has 0 bridgehead atoms. The molecule has 0 fully saturated rings. The number of thioether (sulfide) groups is 1. The molecule has 0 N–H and O–H groups in total. The van der Waals surface area contributed by atoms with Crippen molar-refractivity contribution in [3.8, 4) is 34.3 Å². The second-order valence-electron chi connectivity index (χ2n) is 6.79. The number of hydrogen-bond acceptors (Lipinski definition) is 9. The molecule has 0 saturated heterocycles. The van der Waals surface area contributed by atoms with Gasteiger partial charge < -0.3 is 9.47 Å². The third-order valence-corrected chi connectivity index (χ3v) is 5.52.